The molecule has 1 aromatic carbocycles. The van der Waals surface area contributed by atoms with E-state index in [0.717, 1.165) is 19.3 Å². The van der Waals surface area contributed by atoms with Crippen molar-refractivity contribution in [3.63, 3.8) is 0 Å². The Morgan fingerprint density at radius 2 is 2.09 bits per heavy atom. The molecule has 3 rings (SSSR count). The number of benzene rings is 1. The molecule has 1 N–H and O–H groups in total. The molecule has 0 unspecified atom stereocenters. The van der Waals surface area contributed by atoms with Gasteiger partial charge in [-0.15, -0.1) is 0 Å². The molecule has 0 radical (unpaired) electrons. The van der Waals surface area contributed by atoms with Crippen molar-refractivity contribution in [3.05, 3.63) is 28.8 Å². The van der Waals surface area contributed by atoms with Gasteiger partial charge in [0.15, 0.2) is 0 Å². The Balaban J connectivity index is 1.84. The predicted molar refractivity (Wildman–Crippen MR) is 82.3 cm³/mol. The van der Waals surface area contributed by atoms with Crippen molar-refractivity contribution in [1.29, 1.82) is 0 Å². The molecule has 0 heterocycles. The number of carbonyl (C=O) groups is 1. The van der Waals surface area contributed by atoms with Crippen molar-refractivity contribution in [2.24, 2.45) is 11.8 Å². The predicted octanol–water partition coefficient (Wildman–Crippen LogP) is 2.59. The molecule has 7 heteroatoms. The molecule has 2 aliphatic rings. The van der Waals surface area contributed by atoms with Gasteiger partial charge in [0.05, 0.1) is 22.6 Å². The number of fused-ring (bicyclic) bond motifs is 2. The number of hydrogen-bond donors (Lipinski definition) is 1. The van der Waals surface area contributed by atoms with E-state index in [0.29, 0.717) is 11.8 Å². The van der Waals surface area contributed by atoms with Gasteiger partial charge in [0.25, 0.3) is 0 Å². The number of methoxy groups -OCH3 is 1. The summed E-state index contributed by atoms with van der Waals surface area (Å²) in [6.07, 6.45) is 4.31. The van der Waals surface area contributed by atoms with Crippen LogP contribution < -0.4 is 4.72 Å². The third-order valence-corrected chi connectivity index (χ3v) is 6.52. The van der Waals surface area contributed by atoms with Gasteiger partial charge in [0.2, 0.25) is 10.0 Å². The zero-order chi connectivity index (χ0) is 15.9. The van der Waals surface area contributed by atoms with Crippen LogP contribution in [0.5, 0.6) is 0 Å². The Hall–Kier alpha value is -1.11. The Labute approximate surface area is 135 Å². The second-order valence-corrected chi connectivity index (χ2v) is 8.16. The Kier molecular flexibility index (Phi) is 4.18. The quantitative estimate of drug-likeness (QED) is 0.853. The molecule has 2 fully saturated rings. The zero-order valence-electron chi connectivity index (χ0n) is 12.2. The van der Waals surface area contributed by atoms with Gasteiger partial charge in [-0.2, -0.15) is 0 Å². The van der Waals surface area contributed by atoms with Crippen LogP contribution >= 0.6 is 11.6 Å². The van der Waals surface area contributed by atoms with Crippen LogP contribution in [-0.2, 0) is 14.8 Å². The summed E-state index contributed by atoms with van der Waals surface area (Å²) in [5.74, 6) is 0.433. The number of rotatable bonds is 4. The van der Waals surface area contributed by atoms with Crippen molar-refractivity contribution in [3.8, 4) is 0 Å². The van der Waals surface area contributed by atoms with E-state index in [1.54, 1.807) is 0 Å². The fraction of sp³-hybridized carbons (Fsp3) is 0.533. The number of ether oxygens (including phenoxy) is 1. The van der Waals surface area contributed by atoms with E-state index in [-0.39, 0.29) is 21.5 Å². The summed E-state index contributed by atoms with van der Waals surface area (Å²) < 4.78 is 32.5. The second-order valence-electron chi connectivity index (χ2n) is 6.04. The molecular formula is C15H18ClNO4S. The summed E-state index contributed by atoms with van der Waals surface area (Å²) in [7, 11) is -2.43. The van der Waals surface area contributed by atoms with Crippen molar-refractivity contribution in [2.45, 2.75) is 36.6 Å². The number of sulfonamides is 1. The number of esters is 1. The van der Waals surface area contributed by atoms with Gasteiger partial charge >= 0.3 is 5.97 Å². The minimum atomic E-state index is -3.66. The van der Waals surface area contributed by atoms with Gasteiger partial charge in [0, 0.05) is 6.04 Å². The molecule has 5 nitrogen and oxygen atoms in total. The monoisotopic (exact) mass is 343 g/mol. The van der Waals surface area contributed by atoms with Crippen LogP contribution in [0.1, 0.15) is 36.0 Å². The van der Waals surface area contributed by atoms with Crippen LogP contribution in [0.25, 0.3) is 0 Å². The SMILES string of the molecule is COC(=O)c1cc(S(=O)(=O)N[C@H]2C[C@H]3CC[C@H]2C3)ccc1Cl. The highest BCUT2D eigenvalue weighted by molar-refractivity contribution is 7.89. The lowest BCUT2D eigenvalue weighted by Crippen LogP contribution is -2.38. The first-order chi connectivity index (χ1) is 10.4. The molecule has 0 spiro atoms. The number of carbonyl (C=O) groups excluding carboxylic acids is 1. The van der Waals surface area contributed by atoms with E-state index < -0.39 is 16.0 Å². The van der Waals surface area contributed by atoms with Crippen LogP contribution in [0, 0.1) is 11.8 Å². The second kappa shape index (κ2) is 5.83. The average molecular weight is 344 g/mol. The van der Waals surface area contributed by atoms with Crippen molar-refractivity contribution in [2.75, 3.05) is 7.11 Å². The Bertz CT molecular complexity index is 703. The molecule has 120 valence electrons. The molecule has 0 amide bonds. The minimum absolute atomic E-state index is 0.000930. The molecule has 0 aliphatic heterocycles. The fourth-order valence-corrected chi connectivity index (χ4v) is 5.13. The van der Waals surface area contributed by atoms with Gasteiger partial charge < -0.3 is 4.74 Å². The van der Waals surface area contributed by atoms with Gasteiger partial charge in [-0.3, -0.25) is 0 Å². The minimum Gasteiger partial charge on any atom is -0.465 e. The van der Waals surface area contributed by atoms with Crippen LogP contribution in [0.4, 0.5) is 0 Å². The van der Waals surface area contributed by atoms with Gasteiger partial charge in [-0.1, -0.05) is 18.0 Å². The lowest BCUT2D eigenvalue weighted by molar-refractivity contribution is 0.0600. The molecule has 1 aromatic rings. The maximum absolute atomic E-state index is 12.5. The maximum atomic E-state index is 12.5. The van der Waals surface area contributed by atoms with Crippen LogP contribution in [0.2, 0.25) is 5.02 Å². The summed E-state index contributed by atoms with van der Waals surface area (Å²) in [5.41, 5.74) is 0.0555. The molecular weight excluding hydrogens is 326 g/mol. The van der Waals surface area contributed by atoms with E-state index in [2.05, 4.69) is 9.46 Å². The normalized spacial score (nSPS) is 27.1. The summed E-state index contributed by atoms with van der Waals surface area (Å²) in [4.78, 5) is 11.7. The molecule has 2 bridgehead atoms. The summed E-state index contributed by atoms with van der Waals surface area (Å²) >= 11 is 5.93. The summed E-state index contributed by atoms with van der Waals surface area (Å²) in [6, 6.07) is 4.08. The van der Waals surface area contributed by atoms with Crippen LogP contribution in [0.3, 0.4) is 0 Å². The van der Waals surface area contributed by atoms with Crippen molar-refractivity contribution in [1.82, 2.24) is 4.72 Å². The van der Waals surface area contributed by atoms with Crippen LogP contribution in [-0.4, -0.2) is 27.5 Å². The number of halogens is 1. The zero-order valence-corrected chi connectivity index (χ0v) is 13.8. The van der Waals surface area contributed by atoms with Crippen LogP contribution in [0.15, 0.2) is 23.1 Å². The maximum Gasteiger partial charge on any atom is 0.339 e. The standard InChI is InChI=1S/C15H18ClNO4S/c1-21-15(18)12-8-11(4-5-13(12)16)22(19,20)17-14-7-9-2-3-10(14)6-9/h4-5,8-10,14,17H,2-3,6-7H2,1H3/t9-,10-,14-/m0/s1. The van der Waals surface area contributed by atoms with Gasteiger partial charge in [-0.05, 0) is 49.3 Å². The first-order valence-electron chi connectivity index (χ1n) is 7.31. The smallest absolute Gasteiger partial charge is 0.339 e. The Morgan fingerprint density at radius 3 is 2.68 bits per heavy atom. The van der Waals surface area contributed by atoms with E-state index in [4.69, 9.17) is 11.6 Å². The first-order valence-corrected chi connectivity index (χ1v) is 9.17. The highest BCUT2D eigenvalue weighted by atomic mass is 35.5. The van der Waals surface area contributed by atoms with E-state index >= 15 is 0 Å². The molecule has 22 heavy (non-hydrogen) atoms. The topological polar surface area (TPSA) is 72.5 Å². The lowest BCUT2D eigenvalue weighted by atomic mass is 9.96. The molecule has 0 saturated heterocycles. The van der Waals surface area contributed by atoms with Gasteiger partial charge in [-0.25, -0.2) is 17.9 Å². The van der Waals surface area contributed by atoms with E-state index in [1.165, 1.54) is 31.7 Å². The molecule has 3 atom stereocenters. The van der Waals surface area contributed by atoms with Crippen molar-refractivity contribution >= 4 is 27.6 Å². The van der Waals surface area contributed by atoms with Gasteiger partial charge in [0.1, 0.15) is 0 Å². The van der Waals surface area contributed by atoms with E-state index in [9.17, 15) is 13.2 Å². The Morgan fingerprint density at radius 1 is 1.32 bits per heavy atom. The largest absolute Gasteiger partial charge is 0.465 e. The third kappa shape index (κ3) is 2.87. The molecule has 0 aromatic heterocycles. The number of nitrogens with one attached hydrogen (secondary N) is 1. The highest BCUT2D eigenvalue weighted by Crippen LogP contribution is 2.44. The highest BCUT2D eigenvalue weighted by Gasteiger charge is 2.41. The van der Waals surface area contributed by atoms with E-state index in [1.807, 2.05) is 0 Å². The fourth-order valence-electron chi connectivity index (χ4n) is 3.59. The molecule has 2 saturated carbocycles. The first kappa shape index (κ1) is 15.8. The molecule has 2 aliphatic carbocycles. The lowest BCUT2D eigenvalue weighted by Gasteiger charge is -2.22. The summed E-state index contributed by atoms with van der Waals surface area (Å²) in [5, 5.41) is 0.172. The average Bonchev–Trinajstić information content (AvgIpc) is 3.08. The third-order valence-electron chi connectivity index (χ3n) is 4.70. The number of hydrogen-bond acceptors (Lipinski definition) is 4. The summed E-state index contributed by atoms with van der Waals surface area (Å²) in [6.45, 7) is 0. The van der Waals surface area contributed by atoms with Crippen molar-refractivity contribution < 1.29 is 17.9 Å².